The summed E-state index contributed by atoms with van der Waals surface area (Å²) in [6, 6.07) is 6.70. The number of methoxy groups -OCH3 is 1. The number of thiophene rings is 1. The molecule has 106 valence electrons. The van der Waals surface area contributed by atoms with Gasteiger partial charge in [-0.25, -0.2) is 0 Å². The van der Waals surface area contributed by atoms with E-state index < -0.39 is 4.92 Å². The quantitative estimate of drug-likeness (QED) is 0.627. The molecule has 0 radical (unpaired) electrons. The minimum atomic E-state index is -0.416. The van der Waals surface area contributed by atoms with E-state index in [9.17, 15) is 10.1 Å². The zero-order valence-corrected chi connectivity index (χ0v) is 13.3. The van der Waals surface area contributed by atoms with Crippen molar-refractivity contribution in [2.45, 2.75) is 13.0 Å². The number of ether oxygens (including phenoxy) is 1. The highest BCUT2D eigenvalue weighted by Crippen LogP contribution is 2.35. The zero-order valence-electron chi connectivity index (χ0n) is 10.9. The Bertz CT molecular complexity index is 630. The minimum Gasteiger partial charge on any atom is -0.496 e. The normalized spacial score (nSPS) is 11.9. The number of nitrogens with one attached hydrogen (secondary N) is 1. The van der Waals surface area contributed by atoms with E-state index in [4.69, 9.17) is 4.74 Å². The monoisotopic (exact) mass is 356 g/mol. The summed E-state index contributed by atoms with van der Waals surface area (Å²) < 4.78 is 6.02. The molecule has 1 aromatic carbocycles. The van der Waals surface area contributed by atoms with E-state index >= 15 is 0 Å². The van der Waals surface area contributed by atoms with Crippen LogP contribution >= 0.6 is 27.3 Å². The molecule has 1 N–H and O–H groups in total. The molecule has 20 heavy (non-hydrogen) atoms. The van der Waals surface area contributed by atoms with Gasteiger partial charge in [-0.05, 0) is 46.4 Å². The summed E-state index contributed by atoms with van der Waals surface area (Å²) in [7, 11) is 1.48. The van der Waals surface area contributed by atoms with Crippen molar-refractivity contribution < 1.29 is 9.66 Å². The van der Waals surface area contributed by atoms with Crippen LogP contribution in [0.25, 0.3) is 0 Å². The number of hydrogen-bond acceptors (Lipinski definition) is 5. The summed E-state index contributed by atoms with van der Waals surface area (Å²) in [5, 5.41) is 16.3. The summed E-state index contributed by atoms with van der Waals surface area (Å²) >= 11 is 5.06. The molecule has 0 spiro atoms. The summed E-state index contributed by atoms with van der Waals surface area (Å²) in [5.41, 5.74) is 0.479. The van der Waals surface area contributed by atoms with Gasteiger partial charge in [-0.3, -0.25) is 10.1 Å². The van der Waals surface area contributed by atoms with Crippen LogP contribution in [0.1, 0.15) is 17.8 Å². The maximum Gasteiger partial charge on any atom is 0.296 e. The smallest absolute Gasteiger partial charge is 0.296 e. The number of anilines is 1. The van der Waals surface area contributed by atoms with E-state index in [1.807, 2.05) is 18.4 Å². The molecular weight excluding hydrogens is 344 g/mol. The highest BCUT2D eigenvalue weighted by Gasteiger charge is 2.18. The number of nitrogens with zero attached hydrogens (tertiary/aromatic N) is 1. The first-order chi connectivity index (χ1) is 9.52. The van der Waals surface area contributed by atoms with Gasteiger partial charge >= 0.3 is 0 Å². The van der Waals surface area contributed by atoms with Crippen molar-refractivity contribution in [1.29, 1.82) is 0 Å². The first-order valence-electron chi connectivity index (χ1n) is 5.84. The first-order valence-corrected chi connectivity index (χ1v) is 7.52. The molecular formula is C13H13BrN2O3S. The van der Waals surface area contributed by atoms with Crippen LogP contribution in [0, 0.1) is 10.1 Å². The SMILES string of the molecule is COc1ccc(NC(C)c2sccc2Br)c([N+](=O)[O-])c1. The topological polar surface area (TPSA) is 64.4 Å². The number of halogens is 1. The second kappa shape index (κ2) is 6.23. The third-order valence-electron chi connectivity index (χ3n) is 2.81. The van der Waals surface area contributed by atoms with Crippen LogP contribution in [0.15, 0.2) is 34.1 Å². The molecule has 5 nitrogen and oxygen atoms in total. The molecule has 2 rings (SSSR count). The fourth-order valence-corrected chi connectivity index (χ4v) is 3.55. The average Bonchev–Trinajstić information content (AvgIpc) is 2.85. The number of rotatable bonds is 5. The van der Waals surface area contributed by atoms with E-state index in [2.05, 4.69) is 21.2 Å². The molecule has 1 unspecified atom stereocenters. The maximum atomic E-state index is 11.1. The van der Waals surface area contributed by atoms with Crippen molar-refractivity contribution in [1.82, 2.24) is 0 Å². The molecule has 0 aliphatic heterocycles. The maximum absolute atomic E-state index is 11.1. The van der Waals surface area contributed by atoms with Crippen LogP contribution in [-0.4, -0.2) is 12.0 Å². The van der Waals surface area contributed by atoms with E-state index in [-0.39, 0.29) is 11.7 Å². The molecule has 0 saturated carbocycles. The van der Waals surface area contributed by atoms with Gasteiger partial charge in [0.15, 0.2) is 0 Å². The lowest BCUT2D eigenvalue weighted by molar-refractivity contribution is -0.384. The van der Waals surface area contributed by atoms with Gasteiger partial charge in [-0.2, -0.15) is 0 Å². The number of nitro groups is 1. The van der Waals surface area contributed by atoms with Crippen LogP contribution < -0.4 is 10.1 Å². The van der Waals surface area contributed by atoms with Crippen molar-refractivity contribution in [2.75, 3.05) is 12.4 Å². The van der Waals surface area contributed by atoms with Crippen LogP contribution in [0.5, 0.6) is 5.75 Å². The molecule has 0 aliphatic rings. The lowest BCUT2D eigenvalue weighted by Gasteiger charge is -2.15. The lowest BCUT2D eigenvalue weighted by atomic mass is 10.2. The van der Waals surface area contributed by atoms with Crippen LogP contribution in [0.2, 0.25) is 0 Å². The van der Waals surface area contributed by atoms with Crippen molar-refractivity contribution in [3.05, 3.63) is 49.1 Å². The highest BCUT2D eigenvalue weighted by molar-refractivity contribution is 9.10. The third kappa shape index (κ3) is 3.10. The van der Waals surface area contributed by atoms with Crippen molar-refractivity contribution >= 4 is 38.6 Å². The Hall–Kier alpha value is -1.60. The predicted octanol–water partition coefficient (Wildman–Crippen LogP) is 4.60. The Balaban J connectivity index is 2.29. The van der Waals surface area contributed by atoms with E-state index in [0.29, 0.717) is 11.4 Å². The Labute approximate surface area is 128 Å². The van der Waals surface area contributed by atoms with Crippen molar-refractivity contribution in [3.8, 4) is 5.75 Å². The predicted molar refractivity (Wildman–Crippen MR) is 83.7 cm³/mol. The molecule has 1 aromatic heterocycles. The molecule has 0 saturated heterocycles. The second-order valence-electron chi connectivity index (χ2n) is 4.14. The highest BCUT2D eigenvalue weighted by atomic mass is 79.9. The Morgan fingerprint density at radius 2 is 2.20 bits per heavy atom. The van der Waals surface area contributed by atoms with E-state index in [1.165, 1.54) is 13.2 Å². The molecule has 0 aliphatic carbocycles. The lowest BCUT2D eigenvalue weighted by Crippen LogP contribution is -2.07. The van der Waals surface area contributed by atoms with Gasteiger partial charge in [-0.15, -0.1) is 11.3 Å². The first kappa shape index (κ1) is 14.8. The van der Waals surface area contributed by atoms with Crippen LogP contribution in [-0.2, 0) is 0 Å². The van der Waals surface area contributed by atoms with Gasteiger partial charge in [0.05, 0.1) is 24.1 Å². The molecule has 1 heterocycles. The van der Waals surface area contributed by atoms with Crippen molar-refractivity contribution in [3.63, 3.8) is 0 Å². The fourth-order valence-electron chi connectivity index (χ4n) is 1.82. The summed E-state index contributed by atoms with van der Waals surface area (Å²) in [6.07, 6.45) is 0. The van der Waals surface area contributed by atoms with Crippen LogP contribution in [0.4, 0.5) is 11.4 Å². The van der Waals surface area contributed by atoms with Gasteiger partial charge in [-0.1, -0.05) is 0 Å². The summed E-state index contributed by atoms with van der Waals surface area (Å²) in [5.74, 6) is 0.465. The molecule has 0 fully saturated rings. The number of nitro benzene ring substituents is 1. The van der Waals surface area contributed by atoms with Gasteiger partial charge in [0.2, 0.25) is 0 Å². The largest absolute Gasteiger partial charge is 0.496 e. The van der Waals surface area contributed by atoms with E-state index in [0.717, 1.165) is 9.35 Å². The molecule has 0 bridgehead atoms. The van der Waals surface area contributed by atoms with Gasteiger partial charge < -0.3 is 10.1 Å². The third-order valence-corrected chi connectivity index (χ3v) is 4.87. The number of hydrogen-bond donors (Lipinski definition) is 1. The van der Waals surface area contributed by atoms with Gasteiger partial charge in [0, 0.05) is 9.35 Å². The molecule has 1 atom stereocenters. The molecule has 0 amide bonds. The molecule has 7 heteroatoms. The Morgan fingerprint density at radius 3 is 2.75 bits per heavy atom. The average molecular weight is 357 g/mol. The van der Waals surface area contributed by atoms with Gasteiger partial charge in [0.1, 0.15) is 11.4 Å². The fraction of sp³-hybridized carbons (Fsp3) is 0.231. The minimum absolute atomic E-state index is 0.00359. The van der Waals surface area contributed by atoms with E-state index in [1.54, 1.807) is 23.5 Å². The van der Waals surface area contributed by atoms with Crippen LogP contribution in [0.3, 0.4) is 0 Å². The van der Waals surface area contributed by atoms with Crippen molar-refractivity contribution in [2.24, 2.45) is 0 Å². The Morgan fingerprint density at radius 1 is 1.45 bits per heavy atom. The number of benzene rings is 1. The Kier molecular flexibility index (Phi) is 4.61. The molecule has 2 aromatic rings. The summed E-state index contributed by atoms with van der Waals surface area (Å²) in [4.78, 5) is 11.8. The standard InChI is InChI=1S/C13H13BrN2O3S/c1-8(13-10(14)5-6-20-13)15-11-4-3-9(19-2)7-12(11)16(17)18/h3-8,15H,1-2H3. The second-order valence-corrected chi connectivity index (χ2v) is 5.94. The van der Waals surface area contributed by atoms with Gasteiger partial charge in [0.25, 0.3) is 5.69 Å². The summed E-state index contributed by atoms with van der Waals surface area (Å²) in [6.45, 7) is 1.96. The zero-order chi connectivity index (χ0) is 14.7.